The van der Waals surface area contributed by atoms with Gasteiger partial charge >= 0.3 is 5.97 Å². The van der Waals surface area contributed by atoms with E-state index in [0.717, 1.165) is 0 Å². The maximum Gasteiger partial charge on any atom is 0.344 e. The van der Waals surface area contributed by atoms with Gasteiger partial charge in [0.1, 0.15) is 22.8 Å². The van der Waals surface area contributed by atoms with Crippen molar-refractivity contribution in [3.63, 3.8) is 0 Å². The Morgan fingerprint density at radius 3 is 2.80 bits per heavy atom. The minimum absolute atomic E-state index is 0.0661. The highest BCUT2D eigenvalue weighted by atomic mass is 35.5. The molecule has 3 rings (SSSR count). The number of esters is 1. The van der Waals surface area contributed by atoms with Gasteiger partial charge in [-0.25, -0.2) is 9.18 Å². The molecule has 0 fully saturated rings. The van der Waals surface area contributed by atoms with Crippen LogP contribution in [-0.2, 0) is 4.74 Å². The predicted octanol–water partition coefficient (Wildman–Crippen LogP) is 3.81. The summed E-state index contributed by atoms with van der Waals surface area (Å²) in [6.07, 6.45) is 1.58. The average Bonchev–Trinajstić information content (AvgIpc) is 3.22. The van der Waals surface area contributed by atoms with Gasteiger partial charge in [0.05, 0.1) is 16.3 Å². The summed E-state index contributed by atoms with van der Waals surface area (Å²) in [5, 5.41) is 3.79. The summed E-state index contributed by atoms with van der Waals surface area (Å²) in [6.45, 7) is 1.00. The van der Waals surface area contributed by atoms with Crippen molar-refractivity contribution in [2.45, 2.75) is 6.92 Å². The van der Waals surface area contributed by atoms with Crippen LogP contribution in [0.25, 0.3) is 11.3 Å². The zero-order valence-corrected chi connectivity index (χ0v) is 13.8. The topological polar surface area (TPSA) is 85.2 Å². The SMILES string of the molecule is Cc1onc(-c2c(F)cccc2Cl)c1C(=O)OCC(=O)c1ccc[nH]1. The van der Waals surface area contributed by atoms with Gasteiger partial charge < -0.3 is 14.2 Å². The number of ketones is 1. The number of nitrogens with zero attached hydrogens (tertiary/aromatic N) is 1. The lowest BCUT2D eigenvalue weighted by Crippen LogP contribution is -2.15. The van der Waals surface area contributed by atoms with Crippen LogP contribution in [-0.4, -0.2) is 28.5 Å². The van der Waals surface area contributed by atoms with E-state index in [1.165, 1.54) is 25.1 Å². The van der Waals surface area contributed by atoms with Crippen molar-refractivity contribution in [1.82, 2.24) is 10.1 Å². The molecule has 1 N–H and O–H groups in total. The van der Waals surface area contributed by atoms with Crippen molar-refractivity contribution < 1.29 is 23.2 Å². The van der Waals surface area contributed by atoms with E-state index in [9.17, 15) is 14.0 Å². The molecule has 0 saturated carbocycles. The summed E-state index contributed by atoms with van der Waals surface area (Å²) in [5.41, 5.74) is 0.0973. The Morgan fingerprint density at radius 2 is 2.12 bits per heavy atom. The van der Waals surface area contributed by atoms with E-state index in [4.69, 9.17) is 20.9 Å². The summed E-state index contributed by atoms with van der Waals surface area (Å²) < 4.78 is 24.1. The Bertz CT molecular complexity index is 914. The fourth-order valence-electron chi connectivity index (χ4n) is 2.29. The Hall–Kier alpha value is -2.93. The minimum atomic E-state index is -0.854. The lowest BCUT2D eigenvalue weighted by molar-refractivity contribution is 0.0472. The van der Waals surface area contributed by atoms with Crippen molar-refractivity contribution in [3.8, 4) is 11.3 Å². The smallest absolute Gasteiger partial charge is 0.344 e. The van der Waals surface area contributed by atoms with Gasteiger partial charge in [-0.1, -0.05) is 22.8 Å². The van der Waals surface area contributed by atoms with E-state index in [-0.39, 0.29) is 27.6 Å². The van der Waals surface area contributed by atoms with Crippen LogP contribution < -0.4 is 0 Å². The van der Waals surface area contributed by atoms with Crippen LogP contribution in [0.4, 0.5) is 4.39 Å². The van der Waals surface area contributed by atoms with Crippen molar-refractivity contribution in [2.24, 2.45) is 0 Å². The zero-order chi connectivity index (χ0) is 18.0. The number of hydrogen-bond acceptors (Lipinski definition) is 5. The molecule has 2 aromatic heterocycles. The second kappa shape index (κ2) is 6.90. The maximum absolute atomic E-state index is 14.1. The molecule has 0 saturated heterocycles. The molecule has 0 unspecified atom stereocenters. The van der Waals surface area contributed by atoms with Crippen LogP contribution in [0.15, 0.2) is 41.1 Å². The van der Waals surface area contributed by atoms with Crippen LogP contribution in [0, 0.1) is 12.7 Å². The highest BCUT2D eigenvalue weighted by Crippen LogP contribution is 2.33. The molecule has 1 aromatic carbocycles. The normalized spacial score (nSPS) is 10.7. The van der Waals surface area contributed by atoms with Crippen molar-refractivity contribution >= 4 is 23.4 Å². The van der Waals surface area contributed by atoms with Gasteiger partial charge in [0, 0.05) is 6.20 Å². The highest BCUT2D eigenvalue weighted by Gasteiger charge is 2.27. The molecular formula is C17H12ClFN2O4. The maximum atomic E-state index is 14.1. The third-order valence-electron chi connectivity index (χ3n) is 3.50. The summed E-state index contributed by atoms with van der Waals surface area (Å²) in [7, 11) is 0. The second-order valence-corrected chi connectivity index (χ2v) is 5.55. The number of halogens is 2. The molecular weight excluding hydrogens is 351 g/mol. The van der Waals surface area contributed by atoms with E-state index in [2.05, 4.69) is 10.1 Å². The molecule has 0 radical (unpaired) electrons. The first kappa shape index (κ1) is 16.9. The lowest BCUT2D eigenvalue weighted by atomic mass is 10.1. The number of hydrogen-bond donors (Lipinski definition) is 1. The Kier molecular flexibility index (Phi) is 4.67. The quantitative estimate of drug-likeness (QED) is 0.551. The molecule has 8 heteroatoms. The van der Waals surface area contributed by atoms with E-state index in [1.54, 1.807) is 18.3 Å². The Balaban J connectivity index is 1.87. The molecule has 25 heavy (non-hydrogen) atoms. The number of aromatic nitrogens is 2. The molecule has 0 aliphatic heterocycles. The minimum Gasteiger partial charge on any atom is -0.453 e. The second-order valence-electron chi connectivity index (χ2n) is 5.14. The molecule has 0 atom stereocenters. The number of aromatic amines is 1. The lowest BCUT2D eigenvalue weighted by Gasteiger charge is -2.06. The van der Waals surface area contributed by atoms with Gasteiger partial charge in [0.2, 0.25) is 5.78 Å². The van der Waals surface area contributed by atoms with Crippen LogP contribution in [0.1, 0.15) is 26.6 Å². The third kappa shape index (κ3) is 3.32. The average molecular weight is 363 g/mol. The summed E-state index contributed by atoms with van der Waals surface area (Å²) in [5.74, 6) is -1.78. The first-order valence-corrected chi connectivity index (χ1v) is 7.61. The van der Waals surface area contributed by atoms with Gasteiger partial charge in [0.25, 0.3) is 0 Å². The van der Waals surface area contributed by atoms with E-state index < -0.39 is 24.2 Å². The monoisotopic (exact) mass is 362 g/mol. The Labute approximate surface area is 146 Å². The first-order valence-electron chi connectivity index (χ1n) is 7.23. The molecule has 6 nitrogen and oxygen atoms in total. The number of rotatable bonds is 5. The van der Waals surface area contributed by atoms with Crippen LogP contribution in [0.3, 0.4) is 0 Å². The number of Topliss-reactive ketones (excluding diaryl/α,β-unsaturated/α-hetero) is 1. The molecule has 3 aromatic rings. The molecule has 0 bridgehead atoms. The van der Waals surface area contributed by atoms with Gasteiger partial charge in [-0.15, -0.1) is 0 Å². The fraction of sp³-hybridized carbons (Fsp3) is 0.118. The predicted molar refractivity (Wildman–Crippen MR) is 87.0 cm³/mol. The van der Waals surface area contributed by atoms with Gasteiger partial charge in [-0.2, -0.15) is 0 Å². The van der Waals surface area contributed by atoms with Crippen LogP contribution in [0.2, 0.25) is 5.02 Å². The van der Waals surface area contributed by atoms with E-state index >= 15 is 0 Å². The number of H-pyrrole nitrogens is 1. The number of nitrogens with one attached hydrogen (secondary N) is 1. The van der Waals surface area contributed by atoms with Gasteiger partial charge in [-0.05, 0) is 31.2 Å². The van der Waals surface area contributed by atoms with Crippen LogP contribution >= 0.6 is 11.6 Å². The third-order valence-corrected chi connectivity index (χ3v) is 3.81. The number of carbonyl (C=O) groups excluding carboxylic acids is 2. The number of aryl methyl sites for hydroxylation is 1. The van der Waals surface area contributed by atoms with Crippen molar-refractivity contribution in [1.29, 1.82) is 0 Å². The summed E-state index contributed by atoms with van der Waals surface area (Å²) in [6, 6.07) is 7.30. The van der Waals surface area contributed by atoms with Crippen LogP contribution in [0.5, 0.6) is 0 Å². The first-order chi connectivity index (χ1) is 12.0. The zero-order valence-electron chi connectivity index (χ0n) is 13.0. The van der Waals surface area contributed by atoms with Crippen molar-refractivity contribution in [3.05, 3.63) is 64.4 Å². The molecule has 0 amide bonds. The summed E-state index contributed by atoms with van der Waals surface area (Å²) in [4.78, 5) is 27.0. The van der Waals surface area contributed by atoms with Crippen molar-refractivity contribution in [2.75, 3.05) is 6.61 Å². The van der Waals surface area contributed by atoms with Gasteiger partial charge in [-0.3, -0.25) is 4.79 Å². The Morgan fingerprint density at radius 1 is 1.32 bits per heavy atom. The highest BCUT2D eigenvalue weighted by molar-refractivity contribution is 6.33. The largest absolute Gasteiger partial charge is 0.453 e. The number of benzene rings is 1. The molecule has 2 heterocycles. The van der Waals surface area contributed by atoms with Gasteiger partial charge in [0.15, 0.2) is 6.61 Å². The molecule has 0 aliphatic carbocycles. The number of carbonyl (C=O) groups is 2. The summed E-state index contributed by atoms with van der Waals surface area (Å²) >= 11 is 6.01. The molecule has 0 aliphatic rings. The van der Waals surface area contributed by atoms with E-state index in [1.807, 2.05) is 0 Å². The standard InChI is InChI=1S/C17H12ClFN2O4/c1-9-14(17(23)24-8-13(22)12-6-3-7-20-12)16(21-25-9)15-10(18)4-2-5-11(15)19/h2-7,20H,8H2,1H3. The number of ether oxygens (including phenoxy) is 1. The molecule has 0 spiro atoms. The fourth-order valence-corrected chi connectivity index (χ4v) is 2.54. The molecule has 128 valence electrons. The van der Waals surface area contributed by atoms with E-state index in [0.29, 0.717) is 5.69 Å².